The van der Waals surface area contributed by atoms with Crippen molar-refractivity contribution >= 4 is 11.6 Å². The number of fused-ring (bicyclic) bond motifs is 1. The number of aliphatic hydroxyl groups is 1. The molecule has 1 aromatic carbocycles. The number of benzene rings is 1. The number of carbonyl (C=O) groups excluding carboxylic acids is 1. The summed E-state index contributed by atoms with van der Waals surface area (Å²) in [4.78, 5) is 12.6. The van der Waals surface area contributed by atoms with Crippen molar-refractivity contribution in [2.45, 2.75) is 44.1 Å². The van der Waals surface area contributed by atoms with E-state index in [9.17, 15) is 9.90 Å². The second-order valence-electron chi connectivity index (χ2n) is 6.43. The van der Waals surface area contributed by atoms with Crippen LogP contribution < -0.4 is 10.6 Å². The Hall–Kier alpha value is -1.55. The predicted molar refractivity (Wildman–Crippen MR) is 83.2 cm³/mol. The molecule has 1 atom stereocenters. The maximum Gasteiger partial charge on any atom is 0.225 e. The highest BCUT2D eigenvalue weighted by Crippen LogP contribution is 2.29. The van der Waals surface area contributed by atoms with Gasteiger partial charge in [0.15, 0.2) is 0 Å². The van der Waals surface area contributed by atoms with Gasteiger partial charge >= 0.3 is 0 Å². The molecule has 3 N–H and O–H groups in total. The van der Waals surface area contributed by atoms with Crippen LogP contribution >= 0.6 is 0 Å². The van der Waals surface area contributed by atoms with Crippen molar-refractivity contribution in [3.63, 3.8) is 0 Å². The molecular formula is C17H24N2O2. The second-order valence-corrected chi connectivity index (χ2v) is 6.43. The quantitative estimate of drug-likeness (QED) is 0.798. The van der Waals surface area contributed by atoms with Gasteiger partial charge < -0.3 is 15.7 Å². The van der Waals surface area contributed by atoms with Crippen LogP contribution in [0.1, 0.15) is 37.7 Å². The average Bonchev–Trinajstić information content (AvgIpc) is 2.55. The minimum absolute atomic E-state index is 0.0507. The summed E-state index contributed by atoms with van der Waals surface area (Å²) in [7, 11) is 0. The molecule has 4 nitrogen and oxygen atoms in total. The lowest BCUT2D eigenvalue weighted by Crippen LogP contribution is -2.55. The lowest BCUT2D eigenvalue weighted by atomic mass is 9.81. The number of para-hydroxylation sites is 1. The van der Waals surface area contributed by atoms with Crippen LogP contribution in [0.2, 0.25) is 0 Å². The summed E-state index contributed by atoms with van der Waals surface area (Å²) in [6, 6.07) is 8.15. The predicted octanol–water partition coefficient (Wildman–Crippen LogP) is 2.08. The SMILES string of the molecule is O=C(NC1(CO)CCCCC1)C1CNc2ccccc2C1. The fourth-order valence-corrected chi connectivity index (χ4v) is 3.54. The van der Waals surface area contributed by atoms with E-state index in [1.54, 1.807) is 0 Å². The molecule has 1 fully saturated rings. The molecule has 1 unspecified atom stereocenters. The molecule has 1 aliphatic carbocycles. The number of aliphatic hydroxyl groups excluding tert-OH is 1. The van der Waals surface area contributed by atoms with E-state index in [4.69, 9.17) is 0 Å². The molecular weight excluding hydrogens is 264 g/mol. The van der Waals surface area contributed by atoms with E-state index in [-0.39, 0.29) is 24.0 Å². The Kier molecular flexibility index (Phi) is 4.15. The Morgan fingerprint density at radius 2 is 2.05 bits per heavy atom. The Morgan fingerprint density at radius 3 is 2.81 bits per heavy atom. The van der Waals surface area contributed by atoms with E-state index >= 15 is 0 Å². The summed E-state index contributed by atoms with van der Waals surface area (Å²) in [5.41, 5.74) is 1.95. The van der Waals surface area contributed by atoms with Gasteiger partial charge in [-0.2, -0.15) is 0 Å². The number of rotatable bonds is 3. The van der Waals surface area contributed by atoms with Gasteiger partial charge in [0.2, 0.25) is 5.91 Å². The molecule has 1 aromatic rings. The van der Waals surface area contributed by atoms with E-state index in [2.05, 4.69) is 22.8 Å². The molecule has 0 radical (unpaired) electrons. The molecule has 0 aromatic heterocycles. The van der Waals surface area contributed by atoms with Gasteiger partial charge in [0.05, 0.1) is 18.1 Å². The van der Waals surface area contributed by atoms with E-state index in [0.29, 0.717) is 6.54 Å². The molecule has 1 aliphatic heterocycles. The van der Waals surface area contributed by atoms with Gasteiger partial charge in [-0.1, -0.05) is 37.5 Å². The number of nitrogens with one attached hydrogen (secondary N) is 2. The van der Waals surface area contributed by atoms with Gasteiger partial charge in [-0.15, -0.1) is 0 Å². The molecule has 4 heteroatoms. The summed E-state index contributed by atoms with van der Waals surface area (Å²) in [6.45, 7) is 0.722. The molecule has 0 saturated heterocycles. The van der Waals surface area contributed by atoms with E-state index < -0.39 is 0 Å². The lowest BCUT2D eigenvalue weighted by molar-refractivity contribution is -0.127. The second kappa shape index (κ2) is 6.06. The largest absolute Gasteiger partial charge is 0.394 e. The summed E-state index contributed by atoms with van der Waals surface area (Å²) in [6.07, 6.45) is 5.95. The fraction of sp³-hybridized carbons (Fsp3) is 0.588. The van der Waals surface area contributed by atoms with E-state index in [0.717, 1.165) is 37.8 Å². The van der Waals surface area contributed by atoms with Gasteiger partial charge in [0, 0.05) is 12.2 Å². The van der Waals surface area contributed by atoms with Crippen LogP contribution in [-0.2, 0) is 11.2 Å². The van der Waals surface area contributed by atoms with Crippen LogP contribution in [0.25, 0.3) is 0 Å². The average molecular weight is 288 g/mol. The first-order valence-electron chi connectivity index (χ1n) is 7.97. The summed E-state index contributed by atoms with van der Waals surface area (Å²) >= 11 is 0. The van der Waals surface area contributed by atoms with Gasteiger partial charge in [-0.3, -0.25) is 4.79 Å². The highest BCUT2D eigenvalue weighted by Gasteiger charge is 2.35. The standard InChI is InChI=1S/C17H24N2O2/c20-12-17(8-4-1-5-9-17)19-16(21)14-10-13-6-2-3-7-15(13)18-11-14/h2-3,6-7,14,18,20H,1,4-5,8-12H2,(H,19,21). The van der Waals surface area contributed by atoms with Gasteiger partial charge in [0.25, 0.3) is 0 Å². The first-order chi connectivity index (χ1) is 10.2. The molecule has 3 rings (SSSR count). The Labute approximate surface area is 125 Å². The van der Waals surface area contributed by atoms with Crippen molar-refractivity contribution in [1.82, 2.24) is 5.32 Å². The van der Waals surface area contributed by atoms with Crippen molar-refractivity contribution in [2.75, 3.05) is 18.5 Å². The number of carbonyl (C=O) groups is 1. The van der Waals surface area contributed by atoms with Crippen LogP contribution in [-0.4, -0.2) is 29.7 Å². The normalized spacial score (nSPS) is 23.8. The smallest absolute Gasteiger partial charge is 0.225 e. The van der Waals surface area contributed by atoms with Crippen molar-refractivity contribution in [2.24, 2.45) is 5.92 Å². The third-order valence-corrected chi connectivity index (χ3v) is 4.90. The van der Waals surface area contributed by atoms with Gasteiger partial charge in [0.1, 0.15) is 0 Å². The fourth-order valence-electron chi connectivity index (χ4n) is 3.54. The van der Waals surface area contributed by atoms with Gasteiger partial charge in [-0.05, 0) is 30.9 Å². The van der Waals surface area contributed by atoms with E-state index in [1.807, 2.05) is 12.1 Å². The molecule has 21 heavy (non-hydrogen) atoms. The Morgan fingerprint density at radius 1 is 1.29 bits per heavy atom. The minimum Gasteiger partial charge on any atom is -0.394 e. The molecule has 0 bridgehead atoms. The molecule has 114 valence electrons. The summed E-state index contributed by atoms with van der Waals surface area (Å²) in [5, 5.41) is 16.2. The van der Waals surface area contributed by atoms with Crippen molar-refractivity contribution in [3.05, 3.63) is 29.8 Å². The zero-order chi connectivity index (χ0) is 14.7. The highest BCUT2D eigenvalue weighted by molar-refractivity contribution is 5.81. The lowest BCUT2D eigenvalue weighted by Gasteiger charge is -2.38. The zero-order valence-electron chi connectivity index (χ0n) is 12.4. The number of anilines is 1. The number of hydrogen-bond donors (Lipinski definition) is 3. The third-order valence-electron chi connectivity index (χ3n) is 4.90. The first-order valence-corrected chi connectivity index (χ1v) is 7.97. The van der Waals surface area contributed by atoms with Crippen LogP contribution in [0.3, 0.4) is 0 Å². The van der Waals surface area contributed by atoms with Crippen LogP contribution in [0.15, 0.2) is 24.3 Å². The zero-order valence-corrected chi connectivity index (χ0v) is 12.4. The minimum atomic E-state index is -0.383. The highest BCUT2D eigenvalue weighted by atomic mass is 16.3. The summed E-state index contributed by atoms with van der Waals surface area (Å²) in [5.74, 6) is 0.0261. The van der Waals surface area contributed by atoms with Crippen LogP contribution in [0.4, 0.5) is 5.69 Å². The maximum absolute atomic E-state index is 12.6. The Balaban J connectivity index is 1.66. The molecule has 2 aliphatic rings. The van der Waals surface area contributed by atoms with Crippen LogP contribution in [0, 0.1) is 5.92 Å². The topological polar surface area (TPSA) is 61.4 Å². The van der Waals surface area contributed by atoms with Crippen molar-refractivity contribution < 1.29 is 9.90 Å². The van der Waals surface area contributed by atoms with Crippen LogP contribution in [0.5, 0.6) is 0 Å². The molecule has 1 amide bonds. The monoisotopic (exact) mass is 288 g/mol. The maximum atomic E-state index is 12.6. The first kappa shape index (κ1) is 14.4. The van der Waals surface area contributed by atoms with Crippen molar-refractivity contribution in [3.8, 4) is 0 Å². The molecule has 1 saturated carbocycles. The number of hydrogen-bond acceptors (Lipinski definition) is 3. The van der Waals surface area contributed by atoms with E-state index in [1.165, 1.54) is 12.0 Å². The van der Waals surface area contributed by atoms with Crippen molar-refractivity contribution in [1.29, 1.82) is 0 Å². The Bertz CT molecular complexity index is 509. The third kappa shape index (κ3) is 3.05. The molecule has 0 spiro atoms. The summed E-state index contributed by atoms with van der Waals surface area (Å²) < 4.78 is 0. The number of amides is 1. The van der Waals surface area contributed by atoms with Gasteiger partial charge in [-0.25, -0.2) is 0 Å². The molecule has 1 heterocycles.